The van der Waals surface area contributed by atoms with Gasteiger partial charge in [0.1, 0.15) is 0 Å². The lowest BCUT2D eigenvalue weighted by Crippen LogP contribution is -2.49. The number of imidazole rings is 1. The van der Waals surface area contributed by atoms with E-state index >= 15 is 0 Å². The van der Waals surface area contributed by atoms with Crippen molar-refractivity contribution in [1.82, 2.24) is 18.8 Å². The fourth-order valence-corrected chi connectivity index (χ4v) is 5.10. The Morgan fingerprint density at radius 2 is 1.70 bits per heavy atom. The van der Waals surface area contributed by atoms with Crippen LogP contribution in [0.3, 0.4) is 0 Å². The molecule has 0 saturated carbocycles. The molecule has 8 nitrogen and oxygen atoms in total. The first-order valence-electron chi connectivity index (χ1n) is 10.4. The molecule has 2 aliphatic rings. The molecule has 3 heterocycles. The zero-order chi connectivity index (χ0) is 21.5. The Morgan fingerprint density at radius 1 is 1.03 bits per heavy atom. The second kappa shape index (κ2) is 8.03. The van der Waals surface area contributed by atoms with Gasteiger partial charge in [0, 0.05) is 56.6 Å². The number of carbonyl (C=O) groups excluding carboxylic acids is 1. The number of anilines is 1. The van der Waals surface area contributed by atoms with Crippen LogP contribution >= 0.6 is 0 Å². The molecular weight excluding hydrogens is 402 g/mol. The van der Waals surface area contributed by atoms with Crippen LogP contribution < -0.4 is 4.90 Å². The van der Waals surface area contributed by atoms with Gasteiger partial charge < -0.3 is 14.4 Å². The molecule has 1 aromatic heterocycles. The average molecular weight is 432 g/mol. The number of fused-ring (bicyclic) bond motifs is 1. The Labute approximate surface area is 178 Å². The zero-order valence-corrected chi connectivity index (χ0v) is 18.6. The third kappa shape index (κ3) is 3.96. The van der Waals surface area contributed by atoms with E-state index in [-0.39, 0.29) is 18.5 Å². The van der Waals surface area contributed by atoms with Crippen molar-refractivity contribution in [2.24, 2.45) is 0 Å². The highest BCUT2D eigenvalue weighted by Crippen LogP contribution is 2.26. The molecule has 2 aromatic rings. The fraction of sp³-hybridized carbons (Fsp3) is 0.524. The first-order chi connectivity index (χ1) is 14.3. The first kappa shape index (κ1) is 20.9. The SMILES string of the molecule is CC(C)n1c(C(=O)N2CCN(c3ccccc3)CC2)nc2c1CCN(S(C)(=O)=O)C2. The van der Waals surface area contributed by atoms with E-state index in [4.69, 9.17) is 0 Å². The largest absolute Gasteiger partial charge is 0.368 e. The van der Waals surface area contributed by atoms with Crippen molar-refractivity contribution >= 4 is 21.6 Å². The number of hydrogen-bond donors (Lipinski definition) is 0. The third-order valence-electron chi connectivity index (χ3n) is 5.88. The standard InChI is InChI=1S/C21H29N5O3S/c1-16(2)26-19-9-10-25(30(3,28)29)15-18(19)22-20(26)21(27)24-13-11-23(12-14-24)17-7-5-4-6-8-17/h4-8,16H,9-15H2,1-3H3. The van der Waals surface area contributed by atoms with Gasteiger partial charge in [-0.15, -0.1) is 0 Å². The maximum Gasteiger partial charge on any atom is 0.290 e. The summed E-state index contributed by atoms with van der Waals surface area (Å²) in [5.74, 6) is 0.357. The van der Waals surface area contributed by atoms with Crippen LogP contribution in [0.25, 0.3) is 0 Å². The molecule has 0 spiro atoms. The molecule has 0 atom stereocenters. The van der Waals surface area contributed by atoms with E-state index in [1.165, 1.54) is 16.2 Å². The number of sulfonamides is 1. The Bertz CT molecular complexity index is 1020. The summed E-state index contributed by atoms with van der Waals surface area (Å²) in [7, 11) is -3.28. The van der Waals surface area contributed by atoms with Crippen LogP contribution in [-0.4, -0.2) is 72.1 Å². The number of benzene rings is 1. The van der Waals surface area contributed by atoms with Gasteiger partial charge in [-0.2, -0.15) is 4.31 Å². The van der Waals surface area contributed by atoms with Crippen LogP contribution in [0.1, 0.15) is 41.9 Å². The Morgan fingerprint density at radius 3 is 2.30 bits per heavy atom. The summed E-state index contributed by atoms with van der Waals surface area (Å²) in [6.07, 6.45) is 1.79. The highest BCUT2D eigenvalue weighted by Gasteiger charge is 2.33. The number of amides is 1. The Kier molecular flexibility index (Phi) is 5.59. The van der Waals surface area contributed by atoms with E-state index in [9.17, 15) is 13.2 Å². The predicted molar refractivity (Wildman–Crippen MR) is 116 cm³/mol. The summed E-state index contributed by atoms with van der Waals surface area (Å²) < 4.78 is 27.4. The van der Waals surface area contributed by atoms with E-state index in [0.29, 0.717) is 37.6 Å². The number of nitrogens with zero attached hydrogens (tertiary/aromatic N) is 5. The predicted octanol–water partition coefficient (Wildman–Crippen LogP) is 1.74. The molecule has 0 bridgehead atoms. The van der Waals surface area contributed by atoms with Gasteiger partial charge in [-0.25, -0.2) is 13.4 Å². The summed E-state index contributed by atoms with van der Waals surface area (Å²) in [6, 6.07) is 10.3. The average Bonchev–Trinajstić information content (AvgIpc) is 3.12. The number of rotatable bonds is 4. The van der Waals surface area contributed by atoms with Crippen LogP contribution in [0.4, 0.5) is 5.69 Å². The van der Waals surface area contributed by atoms with Gasteiger partial charge in [-0.3, -0.25) is 4.79 Å². The number of aromatic nitrogens is 2. The molecule has 162 valence electrons. The highest BCUT2D eigenvalue weighted by atomic mass is 32.2. The van der Waals surface area contributed by atoms with E-state index in [2.05, 4.69) is 22.0 Å². The molecule has 4 rings (SSSR count). The van der Waals surface area contributed by atoms with Crippen molar-refractivity contribution in [3.05, 3.63) is 47.5 Å². The monoisotopic (exact) mass is 431 g/mol. The van der Waals surface area contributed by atoms with Crippen LogP contribution in [0, 0.1) is 0 Å². The van der Waals surface area contributed by atoms with Crippen molar-refractivity contribution in [3.63, 3.8) is 0 Å². The summed E-state index contributed by atoms with van der Waals surface area (Å²) >= 11 is 0. The van der Waals surface area contributed by atoms with Crippen molar-refractivity contribution in [1.29, 1.82) is 0 Å². The second-order valence-corrected chi connectivity index (χ2v) is 10.2. The van der Waals surface area contributed by atoms with Crippen LogP contribution in [0.5, 0.6) is 0 Å². The van der Waals surface area contributed by atoms with Gasteiger partial charge in [0.05, 0.1) is 18.5 Å². The van der Waals surface area contributed by atoms with E-state index < -0.39 is 10.0 Å². The molecule has 0 aliphatic carbocycles. The first-order valence-corrected chi connectivity index (χ1v) is 12.2. The van der Waals surface area contributed by atoms with Crippen molar-refractivity contribution < 1.29 is 13.2 Å². The topological polar surface area (TPSA) is 78.8 Å². The third-order valence-corrected chi connectivity index (χ3v) is 7.13. The van der Waals surface area contributed by atoms with Gasteiger partial charge >= 0.3 is 0 Å². The maximum atomic E-state index is 13.4. The summed E-state index contributed by atoms with van der Waals surface area (Å²) in [5.41, 5.74) is 2.85. The highest BCUT2D eigenvalue weighted by molar-refractivity contribution is 7.88. The number of para-hydroxylation sites is 1. The van der Waals surface area contributed by atoms with E-state index in [1.807, 2.05) is 41.5 Å². The molecular formula is C21H29N5O3S. The molecule has 0 unspecified atom stereocenters. The normalized spacial score (nSPS) is 18.0. The minimum Gasteiger partial charge on any atom is -0.368 e. The lowest BCUT2D eigenvalue weighted by molar-refractivity contribution is 0.0727. The van der Waals surface area contributed by atoms with E-state index in [1.54, 1.807) is 0 Å². The molecule has 0 N–H and O–H groups in total. The van der Waals surface area contributed by atoms with Gasteiger partial charge in [0.2, 0.25) is 10.0 Å². The molecule has 1 fully saturated rings. The number of carbonyl (C=O) groups is 1. The molecule has 30 heavy (non-hydrogen) atoms. The lowest BCUT2D eigenvalue weighted by atomic mass is 10.1. The summed E-state index contributed by atoms with van der Waals surface area (Å²) in [6.45, 7) is 7.56. The van der Waals surface area contributed by atoms with Crippen molar-refractivity contribution in [3.8, 4) is 0 Å². The lowest BCUT2D eigenvalue weighted by Gasteiger charge is -2.36. The summed E-state index contributed by atoms with van der Waals surface area (Å²) in [4.78, 5) is 22.1. The van der Waals surface area contributed by atoms with Gasteiger partial charge in [-0.05, 0) is 26.0 Å². The molecule has 1 amide bonds. The van der Waals surface area contributed by atoms with Crippen molar-refractivity contribution in [2.45, 2.75) is 32.9 Å². The van der Waals surface area contributed by atoms with Crippen LogP contribution in [0.2, 0.25) is 0 Å². The molecule has 2 aliphatic heterocycles. The minimum atomic E-state index is -3.28. The number of hydrogen-bond acceptors (Lipinski definition) is 5. The van der Waals surface area contributed by atoms with Crippen LogP contribution in [0.15, 0.2) is 30.3 Å². The quantitative estimate of drug-likeness (QED) is 0.737. The summed E-state index contributed by atoms with van der Waals surface area (Å²) in [5, 5.41) is 0. The Hall–Kier alpha value is -2.39. The maximum absolute atomic E-state index is 13.4. The Balaban J connectivity index is 1.54. The molecule has 1 aromatic carbocycles. The van der Waals surface area contributed by atoms with Crippen LogP contribution in [-0.2, 0) is 23.0 Å². The number of piperazine rings is 1. The van der Waals surface area contributed by atoms with Gasteiger partial charge in [0.15, 0.2) is 5.82 Å². The minimum absolute atomic E-state index is 0.0725. The fourth-order valence-electron chi connectivity index (χ4n) is 4.32. The smallest absolute Gasteiger partial charge is 0.290 e. The van der Waals surface area contributed by atoms with E-state index in [0.717, 1.165) is 18.8 Å². The zero-order valence-electron chi connectivity index (χ0n) is 17.8. The second-order valence-electron chi connectivity index (χ2n) is 8.25. The van der Waals surface area contributed by atoms with Gasteiger partial charge in [-0.1, -0.05) is 18.2 Å². The molecule has 0 radical (unpaired) electrons. The molecule has 1 saturated heterocycles. The van der Waals surface area contributed by atoms with Gasteiger partial charge in [0.25, 0.3) is 5.91 Å². The van der Waals surface area contributed by atoms with Crippen molar-refractivity contribution in [2.75, 3.05) is 43.9 Å². The molecule has 9 heteroatoms.